The summed E-state index contributed by atoms with van der Waals surface area (Å²) in [5.74, 6) is 0.723. The molecule has 1 spiro atoms. The number of likely N-dealkylation sites (tertiary alicyclic amines) is 1. The highest BCUT2D eigenvalue weighted by atomic mass is 16.5. The summed E-state index contributed by atoms with van der Waals surface area (Å²) >= 11 is 0. The highest BCUT2D eigenvalue weighted by molar-refractivity contribution is 5.90. The van der Waals surface area contributed by atoms with Gasteiger partial charge in [-0.15, -0.1) is 0 Å². The molecule has 2 N–H and O–H groups in total. The first-order valence-corrected chi connectivity index (χ1v) is 12.9. The predicted octanol–water partition coefficient (Wildman–Crippen LogP) is 3.40. The lowest BCUT2D eigenvalue weighted by Crippen LogP contribution is -2.53. The maximum absolute atomic E-state index is 13.5. The fourth-order valence-electron chi connectivity index (χ4n) is 5.23. The molecule has 1 fully saturated rings. The van der Waals surface area contributed by atoms with Gasteiger partial charge < -0.3 is 15.4 Å². The number of hydrogen-bond acceptors (Lipinski definition) is 5. The van der Waals surface area contributed by atoms with E-state index in [0.29, 0.717) is 13.2 Å². The average Bonchev–Trinajstić information content (AvgIpc) is 2.86. The monoisotopic (exact) mass is 478 g/mol. The molecule has 1 atom stereocenters. The summed E-state index contributed by atoms with van der Waals surface area (Å²) < 4.78 is 5.93. The molecule has 2 aliphatic rings. The smallest absolute Gasteiger partial charge is 0.242 e. The first-order chi connectivity index (χ1) is 16.9. The highest BCUT2D eigenvalue weighted by Gasteiger charge is 2.41. The number of fused-ring (bicyclic) bond motifs is 1. The Kier molecular flexibility index (Phi) is 8.39. The van der Waals surface area contributed by atoms with Crippen LogP contribution in [0.15, 0.2) is 42.7 Å². The van der Waals surface area contributed by atoms with E-state index in [9.17, 15) is 9.59 Å². The van der Waals surface area contributed by atoms with E-state index in [1.807, 2.05) is 30.6 Å². The zero-order chi connectivity index (χ0) is 24.7. The minimum atomic E-state index is -0.576. The van der Waals surface area contributed by atoms with E-state index in [-0.39, 0.29) is 11.8 Å². The van der Waals surface area contributed by atoms with Gasteiger partial charge in [-0.25, -0.2) is 0 Å². The molecule has 4 rings (SSSR count). The number of hydrogen-bond donors (Lipinski definition) is 2. The summed E-state index contributed by atoms with van der Waals surface area (Å²) in [6, 6.07) is 9.71. The van der Waals surface area contributed by atoms with Crippen molar-refractivity contribution in [1.82, 2.24) is 20.5 Å². The zero-order valence-electron chi connectivity index (χ0n) is 21.0. The van der Waals surface area contributed by atoms with E-state index in [0.717, 1.165) is 69.5 Å². The first-order valence-electron chi connectivity index (χ1n) is 12.9. The largest absolute Gasteiger partial charge is 0.491 e. The number of amides is 2. The second-order valence-electron chi connectivity index (χ2n) is 10.1. The Labute approximate surface area is 208 Å². The molecule has 7 nitrogen and oxygen atoms in total. The van der Waals surface area contributed by atoms with Gasteiger partial charge in [0.05, 0.1) is 12.0 Å². The molecule has 188 valence electrons. The van der Waals surface area contributed by atoms with Gasteiger partial charge in [0.15, 0.2) is 0 Å². The van der Waals surface area contributed by atoms with E-state index in [4.69, 9.17) is 4.74 Å². The van der Waals surface area contributed by atoms with Crippen molar-refractivity contribution >= 4 is 11.8 Å². The minimum absolute atomic E-state index is 0.0172. The second-order valence-corrected chi connectivity index (χ2v) is 10.1. The van der Waals surface area contributed by atoms with Gasteiger partial charge in [-0.05, 0) is 81.8 Å². The molecule has 0 aliphatic carbocycles. The summed E-state index contributed by atoms with van der Waals surface area (Å²) in [4.78, 5) is 32.9. The van der Waals surface area contributed by atoms with E-state index in [2.05, 4.69) is 39.6 Å². The molecule has 1 aromatic heterocycles. The molecule has 3 heterocycles. The topological polar surface area (TPSA) is 83.6 Å². The molecule has 7 heteroatoms. The predicted molar refractivity (Wildman–Crippen MR) is 136 cm³/mol. The van der Waals surface area contributed by atoms with Crippen molar-refractivity contribution in [1.29, 1.82) is 0 Å². The number of ether oxygens (including phenoxy) is 1. The van der Waals surface area contributed by atoms with Crippen molar-refractivity contribution in [3.63, 3.8) is 0 Å². The first kappa shape index (κ1) is 25.2. The number of carbonyl (C=O) groups is 2. The van der Waals surface area contributed by atoms with E-state index < -0.39 is 11.5 Å². The highest BCUT2D eigenvalue weighted by Crippen LogP contribution is 2.38. The van der Waals surface area contributed by atoms with Crippen LogP contribution in [0.2, 0.25) is 0 Å². The van der Waals surface area contributed by atoms with Crippen LogP contribution in [0.25, 0.3) is 0 Å². The third-order valence-corrected chi connectivity index (χ3v) is 7.36. The van der Waals surface area contributed by atoms with Crippen LogP contribution in [0.4, 0.5) is 0 Å². The number of para-hydroxylation sites is 1. The number of aromatic nitrogens is 1. The third kappa shape index (κ3) is 6.60. The third-order valence-electron chi connectivity index (χ3n) is 7.36. The summed E-state index contributed by atoms with van der Waals surface area (Å²) in [5, 5.41) is 5.92. The van der Waals surface area contributed by atoms with Crippen LogP contribution in [0.1, 0.15) is 55.7 Å². The van der Waals surface area contributed by atoms with Crippen molar-refractivity contribution < 1.29 is 14.3 Å². The molecule has 35 heavy (non-hydrogen) atoms. The van der Waals surface area contributed by atoms with Gasteiger partial charge in [0, 0.05) is 18.9 Å². The number of piperidine rings is 1. The molecule has 1 aromatic carbocycles. The number of benzene rings is 1. The van der Waals surface area contributed by atoms with Crippen molar-refractivity contribution in [2.24, 2.45) is 5.41 Å². The molecule has 2 aliphatic heterocycles. The molecule has 0 unspecified atom stereocenters. The van der Waals surface area contributed by atoms with Gasteiger partial charge in [-0.3, -0.25) is 19.5 Å². The average molecular weight is 479 g/mol. The number of pyridine rings is 1. The number of nitrogens with one attached hydrogen (secondary N) is 2. The molecule has 0 saturated carbocycles. The second kappa shape index (κ2) is 11.7. The Morgan fingerprint density at radius 2 is 1.91 bits per heavy atom. The van der Waals surface area contributed by atoms with Crippen molar-refractivity contribution in [3.8, 4) is 5.75 Å². The Morgan fingerprint density at radius 3 is 2.71 bits per heavy atom. The fraction of sp³-hybridized carbons (Fsp3) is 0.536. The lowest BCUT2D eigenvalue weighted by atomic mass is 9.73. The molecular formula is C28H38N4O3. The fourth-order valence-corrected chi connectivity index (χ4v) is 5.23. The number of aryl methyl sites for hydroxylation is 2. The Balaban J connectivity index is 1.45. The normalized spacial score (nSPS) is 22.2. The summed E-state index contributed by atoms with van der Waals surface area (Å²) in [6.07, 6.45) is 9.11. The van der Waals surface area contributed by atoms with Gasteiger partial charge in [0.2, 0.25) is 11.8 Å². The number of nitrogens with zero attached hydrogens (tertiary/aromatic N) is 2. The number of rotatable bonds is 2. The maximum atomic E-state index is 13.5. The van der Waals surface area contributed by atoms with Gasteiger partial charge in [0.1, 0.15) is 18.4 Å². The van der Waals surface area contributed by atoms with E-state index >= 15 is 0 Å². The van der Waals surface area contributed by atoms with Crippen molar-refractivity contribution in [2.45, 2.75) is 65.0 Å². The van der Waals surface area contributed by atoms with Crippen molar-refractivity contribution in [2.75, 3.05) is 26.2 Å². The maximum Gasteiger partial charge on any atom is 0.242 e. The van der Waals surface area contributed by atoms with Crippen molar-refractivity contribution in [3.05, 3.63) is 59.4 Å². The van der Waals surface area contributed by atoms with Gasteiger partial charge in [-0.1, -0.05) is 30.7 Å². The molecule has 0 radical (unpaired) electrons. The zero-order valence-corrected chi connectivity index (χ0v) is 21.0. The van der Waals surface area contributed by atoms with Crippen LogP contribution >= 0.6 is 0 Å². The summed E-state index contributed by atoms with van der Waals surface area (Å²) in [6.45, 7) is 7.19. The Bertz CT molecular complexity index is 1020. The van der Waals surface area contributed by atoms with E-state index in [1.165, 1.54) is 11.1 Å². The number of carbonyl (C=O) groups excluding carboxylic acids is 2. The van der Waals surface area contributed by atoms with Gasteiger partial charge in [0.25, 0.3) is 0 Å². The van der Waals surface area contributed by atoms with Crippen LogP contribution in [0, 0.1) is 12.3 Å². The Hall–Kier alpha value is -2.93. The van der Waals surface area contributed by atoms with Crippen LogP contribution in [-0.2, 0) is 22.6 Å². The molecular weight excluding hydrogens is 440 g/mol. The molecule has 2 aromatic rings. The SMILES string of the molecule is Cc1cncc(CN2CCC3(CCCCc4ccccc4OCCNC(=O)[C@H](C)NC3=O)CC2)c1. The van der Waals surface area contributed by atoms with E-state index in [1.54, 1.807) is 6.92 Å². The van der Waals surface area contributed by atoms with Crippen LogP contribution in [-0.4, -0.2) is 54.0 Å². The summed E-state index contributed by atoms with van der Waals surface area (Å²) in [5.41, 5.74) is 3.11. The lowest BCUT2D eigenvalue weighted by Gasteiger charge is -2.41. The van der Waals surface area contributed by atoms with Crippen LogP contribution in [0.3, 0.4) is 0 Å². The standard InChI is InChI=1S/C28H38N4O3/c1-21-17-23(19-29-18-21)20-32-14-11-28(12-15-32)10-6-5-8-24-7-3-4-9-25(24)35-16-13-30-26(33)22(2)31-27(28)34/h3-4,7,9,17-19,22H,5-6,8,10-16,20H2,1-2H3,(H,30,33)(H,31,34)/t22-/m0/s1. The summed E-state index contributed by atoms with van der Waals surface area (Å²) in [7, 11) is 0. The molecule has 0 bridgehead atoms. The Morgan fingerprint density at radius 1 is 1.11 bits per heavy atom. The molecule has 1 saturated heterocycles. The minimum Gasteiger partial charge on any atom is -0.491 e. The quantitative estimate of drug-likeness (QED) is 0.691. The molecule has 2 amide bonds. The van der Waals surface area contributed by atoms with Crippen LogP contribution < -0.4 is 15.4 Å². The van der Waals surface area contributed by atoms with Crippen LogP contribution in [0.5, 0.6) is 5.75 Å². The van der Waals surface area contributed by atoms with Gasteiger partial charge in [-0.2, -0.15) is 0 Å². The van der Waals surface area contributed by atoms with Gasteiger partial charge >= 0.3 is 0 Å². The lowest BCUT2D eigenvalue weighted by molar-refractivity contribution is -0.138.